The number of benzene rings is 1. The van der Waals surface area contributed by atoms with Gasteiger partial charge in [-0.05, 0) is 17.5 Å². The Morgan fingerprint density at radius 1 is 1.05 bits per heavy atom. The quantitative estimate of drug-likeness (QED) is 0.792. The van der Waals surface area contributed by atoms with E-state index in [9.17, 15) is 0 Å². The van der Waals surface area contributed by atoms with Crippen molar-refractivity contribution in [2.75, 3.05) is 26.2 Å². The van der Waals surface area contributed by atoms with Crippen LogP contribution in [0, 0.1) is 5.41 Å². The van der Waals surface area contributed by atoms with Crippen LogP contribution in [0.1, 0.15) is 32.4 Å². The van der Waals surface area contributed by atoms with E-state index in [0.717, 1.165) is 31.7 Å². The lowest BCUT2D eigenvalue weighted by Gasteiger charge is -2.43. The molecule has 0 radical (unpaired) electrons. The summed E-state index contributed by atoms with van der Waals surface area (Å²) < 4.78 is 0. The summed E-state index contributed by atoms with van der Waals surface area (Å²) in [7, 11) is 0. The van der Waals surface area contributed by atoms with Crippen LogP contribution in [-0.4, -0.2) is 31.1 Å². The monoisotopic (exact) mass is 334 g/mol. The highest BCUT2D eigenvalue weighted by Gasteiger charge is 2.35. The number of piperazine rings is 1. The lowest BCUT2D eigenvalue weighted by atomic mass is 9.81. The molecule has 1 aliphatic heterocycles. The third-order valence-electron chi connectivity index (χ3n) is 3.69. The molecule has 1 saturated heterocycles. The van der Waals surface area contributed by atoms with E-state index in [-0.39, 0.29) is 11.5 Å². The van der Waals surface area contributed by atoms with Crippen molar-refractivity contribution < 1.29 is 0 Å². The molecular weight excluding hydrogens is 315 g/mol. The van der Waals surface area contributed by atoms with Crippen molar-refractivity contribution in [1.29, 1.82) is 0 Å². The van der Waals surface area contributed by atoms with E-state index in [1.165, 1.54) is 0 Å². The van der Waals surface area contributed by atoms with Crippen LogP contribution in [0.3, 0.4) is 0 Å². The molecule has 1 heterocycles. The number of rotatable bonds is 2. The standard InChI is InChI=1S/C15H21Cl3N2/c1-15(2,3)14(20-8-6-19-7-9-20)12-10(16)4-5-11(17)13(12)18/h4-5,14,19H,6-9H2,1-3H3/t14-/m1/s1. The molecule has 1 N–H and O–H groups in total. The van der Waals surface area contributed by atoms with Gasteiger partial charge in [0.25, 0.3) is 0 Å². The van der Waals surface area contributed by atoms with Gasteiger partial charge >= 0.3 is 0 Å². The van der Waals surface area contributed by atoms with Gasteiger partial charge in [0.2, 0.25) is 0 Å². The van der Waals surface area contributed by atoms with E-state index in [2.05, 4.69) is 31.0 Å². The topological polar surface area (TPSA) is 15.3 Å². The highest BCUT2D eigenvalue weighted by Crippen LogP contribution is 2.45. The normalized spacial score (nSPS) is 19.1. The number of halogens is 3. The minimum Gasteiger partial charge on any atom is -0.314 e. The van der Waals surface area contributed by atoms with Gasteiger partial charge in [-0.1, -0.05) is 55.6 Å². The zero-order chi connectivity index (χ0) is 14.9. The second-order valence-electron chi connectivity index (χ2n) is 6.31. The second-order valence-corrected chi connectivity index (χ2v) is 7.50. The molecule has 1 aromatic rings. The van der Waals surface area contributed by atoms with Crippen LogP contribution in [0.5, 0.6) is 0 Å². The molecule has 1 aliphatic rings. The Balaban J connectivity index is 2.49. The largest absolute Gasteiger partial charge is 0.314 e. The third-order valence-corrected chi connectivity index (χ3v) is 4.84. The van der Waals surface area contributed by atoms with Crippen molar-refractivity contribution in [1.82, 2.24) is 10.2 Å². The van der Waals surface area contributed by atoms with Crippen LogP contribution in [0.25, 0.3) is 0 Å². The highest BCUT2D eigenvalue weighted by molar-refractivity contribution is 6.44. The van der Waals surface area contributed by atoms with Gasteiger partial charge in [-0.25, -0.2) is 0 Å². The zero-order valence-corrected chi connectivity index (χ0v) is 14.4. The van der Waals surface area contributed by atoms with Crippen molar-refractivity contribution in [3.8, 4) is 0 Å². The molecule has 0 spiro atoms. The lowest BCUT2D eigenvalue weighted by Crippen LogP contribution is -2.48. The van der Waals surface area contributed by atoms with Gasteiger partial charge in [-0.2, -0.15) is 0 Å². The second kappa shape index (κ2) is 6.41. The molecule has 5 heteroatoms. The zero-order valence-electron chi connectivity index (χ0n) is 12.1. The first-order valence-corrected chi connectivity index (χ1v) is 8.04. The van der Waals surface area contributed by atoms with Crippen molar-refractivity contribution >= 4 is 34.8 Å². The number of nitrogens with one attached hydrogen (secondary N) is 1. The smallest absolute Gasteiger partial charge is 0.0655 e. The number of nitrogens with zero attached hydrogens (tertiary/aromatic N) is 1. The molecule has 1 atom stereocenters. The van der Waals surface area contributed by atoms with E-state index in [1.807, 2.05) is 6.07 Å². The van der Waals surface area contributed by atoms with Crippen LogP contribution in [0.2, 0.25) is 15.1 Å². The summed E-state index contributed by atoms with van der Waals surface area (Å²) in [6, 6.07) is 3.75. The molecule has 1 fully saturated rings. The number of hydrogen-bond donors (Lipinski definition) is 1. The maximum absolute atomic E-state index is 6.46. The molecular formula is C15H21Cl3N2. The Kier molecular flexibility index (Phi) is 5.25. The summed E-state index contributed by atoms with van der Waals surface area (Å²) in [5.41, 5.74) is 0.977. The van der Waals surface area contributed by atoms with E-state index < -0.39 is 0 Å². The summed E-state index contributed by atoms with van der Waals surface area (Å²) in [4.78, 5) is 2.44. The average Bonchev–Trinajstić information content (AvgIpc) is 2.39. The summed E-state index contributed by atoms with van der Waals surface area (Å²) in [6.45, 7) is 10.6. The third kappa shape index (κ3) is 3.42. The van der Waals surface area contributed by atoms with Gasteiger partial charge < -0.3 is 5.32 Å². The Bertz CT molecular complexity index is 477. The van der Waals surface area contributed by atoms with Crippen molar-refractivity contribution in [2.45, 2.75) is 26.8 Å². The SMILES string of the molecule is CC(C)(C)[C@@H](c1c(Cl)ccc(Cl)c1Cl)N1CCNCC1. The van der Waals surface area contributed by atoms with Gasteiger partial charge in [-0.15, -0.1) is 0 Å². The van der Waals surface area contributed by atoms with Crippen LogP contribution in [0.15, 0.2) is 12.1 Å². The van der Waals surface area contributed by atoms with Gasteiger partial charge in [0.15, 0.2) is 0 Å². The summed E-state index contributed by atoms with van der Waals surface area (Å²) in [5.74, 6) is 0. The predicted molar refractivity (Wildman–Crippen MR) is 88.1 cm³/mol. The molecule has 0 saturated carbocycles. The molecule has 0 bridgehead atoms. The van der Waals surface area contributed by atoms with Crippen molar-refractivity contribution in [2.24, 2.45) is 5.41 Å². The summed E-state index contributed by atoms with van der Waals surface area (Å²) in [6.07, 6.45) is 0. The van der Waals surface area contributed by atoms with Gasteiger partial charge in [-0.3, -0.25) is 4.90 Å². The van der Waals surface area contributed by atoms with E-state index >= 15 is 0 Å². The van der Waals surface area contributed by atoms with Crippen molar-refractivity contribution in [3.05, 3.63) is 32.8 Å². The van der Waals surface area contributed by atoms with Crippen LogP contribution < -0.4 is 5.32 Å². The van der Waals surface area contributed by atoms with Gasteiger partial charge in [0.1, 0.15) is 0 Å². The molecule has 0 aromatic heterocycles. The Labute approximate surface area is 136 Å². The molecule has 0 amide bonds. The highest BCUT2D eigenvalue weighted by atomic mass is 35.5. The first kappa shape index (κ1) is 16.4. The fourth-order valence-corrected chi connectivity index (χ4v) is 3.64. The molecule has 112 valence electrons. The molecule has 2 rings (SSSR count). The fraction of sp³-hybridized carbons (Fsp3) is 0.600. The maximum atomic E-state index is 6.46. The minimum atomic E-state index is 0.0231. The fourth-order valence-electron chi connectivity index (χ4n) is 2.90. The minimum absolute atomic E-state index is 0.0231. The van der Waals surface area contributed by atoms with E-state index in [4.69, 9.17) is 34.8 Å². The van der Waals surface area contributed by atoms with Crippen LogP contribution >= 0.6 is 34.8 Å². The number of hydrogen-bond acceptors (Lipinski definition) is 2. The first-order valence-electron chi connectivity index (χ1n) is 6.90. The lowest BCUT2D eigenvalue weighted by molar-refractivity contribution is 0.0863. The molecule has 2 nitrogen and oxygen atoms in total. The van der Waals surface area contributed by atoms with E-state index in [0.29, 0.717) is 15.1 Å². The van der Waals surface area contributed by atoms with E-state index in [1.54, 1.807) is 6.07 Å². The average molecular weight is 336 g/mol. The Hall–Kier alpha value is 0.01000. The van der Waals surface area contributed by atoms with Crippen LogP contribution in [-0.2, 0) is 0 Å². The molecule has 0 unspecified atom stereocenters. The molecule has 0 aliphatic carbocycles. The van der Waals surface area contributed by atoms with Crippen molar-refractivity contribution in [3.63, 3.8) is 0 Å². The predicted octanol–water partition coefficient (Wildman–Crippen LogP) is 4.64. The molecule has 20 heavy (non-hydrogen) atoms. The molecule has 1 aromatic carbocycles. The maximum Gasteiger partial charge on any atom is 0.0655 e. The van der Waals surface area contributed by atoms with Gasteiger partial charge in [0.05, 0.1) is 10.0 Å². The summed E-state index contributed by atoms with van der Waals surface area (Å²) >= 11 is 19.1. The van der Waals surface area contributed by atoms with Crippen LogP contribution in [0.4, 0.5) is 0 Å². The Morgan fingerprint density at radius 3 is 2.15 bits per heavy atom. The summed E-state index contributed by atoms with van der Waals surface area (Å²) in [5, 5.41) is 5.22. The Morgan fingerprint density at radius 2 is 1.60 bits per heavy atom. The van der Waals surface area contributed by atoms with Gasteiger partial charge in [0, 0.05) is 42.8 Å². The first-order chi connectivity index (χ1) is 9.32.